The minimum Gasteiger partial charge on any atom is -0.485 e. The van der Waals surface area contributed by atoms with Crippen molar-refractivity contribution in [3.63, 3.8) is 0 Å². The number of nitrogens with zero attached hydrogens (tertiary/aromatic N) is 3. The highest BCUT2D eigenvalue weighted by atomic mass is 16.5. The summed E-state index contributed by atoms with van der Waals surface area (Å²) in [5.74, 6) is 2.64. The zero-order valence-electron chi connectivity index (χ0n) is 27.9. The molecule has 0 fully saturated rings. The first-order valence-electron chi connectivity index (χ1n) is 17.6. The summed E-state index contributed by atoms with van der Waals surface area (Å²) in [5, 5.41) is 6.99. The average Bonchev–Trinajstić information content (AvgIpc) is 3.80. The summed E-state index contributed by atoms with van der Waals surface area (Å²) < 4.78 is 13.0. The van der Waals surface area contributed by atoms with E-state index in [0.717, 1.165) is 66.5 Å². The molecule has 2 atom stereocenters. The Balaban J connectivity index is 1.10. The lowest BCUT2D eigenvalue weighted by molar-refractivity contribution is 0.271. The van der Waals surface area contributed by atoms with Gasteiger partial charge in [-0.25, -0.2) is 15.0 Å². The maximum absolute atomic E-state index is 6.70. The molecule has 0 saturated heterocycles. The molecule has 0 radical (unpaired) electrons. The maximum Gasteiger partial charge on any atom is 0.164 e. The molecule has 3 heterocycles. The number of hydrogen-bond donors (Lipinski definition) is 0. The number of hydrogen-bond acceptors (Lipinski definition) is 5. The number of allylic oxidation sites excluding steroid dienone is 2. The Bertz CT molecular complexity index is 2960. The number of para-hydroxylation sites is 1. The largest absolute Gasteiger partial charge is 0.485 e. The molecule has 5 nitrogen and oxygen atoms in total. The zero-order valence-corrected chi connectivity index (χ0v) is 27.9. The summed E-state index contributed by atoms with van der Waals surface area (Å²) in [4.78, 5) is 15.5. The molecular formula is C47H29N3O2. The molecule has 1 aliphatic carbocycles. The first-order valence-corrected chi connectivity index (χ1v) is 17.6. The highest BCUT2D eigenvalue weighted by molar-refractivity contribution is 6.13. The SMILES string of the molecule is C1=CC2Oc3cccc(-c4cccc5oc6ccccc6c45)c3C2C(c2nc(-c3ccccc3)nc(-c3ccc4c(ccc5ccccc54)c3)n2)=C1. The third-order valence-electron chi connectivity index (χ3n) is 10.5. The van der Waals surface area contributed by atoms with Crippen molar-refractivity contribution in [2.75, 3.05) is 0 Å². The van der Waals surface area contributed by atoms with Gasteiger partial charge in [-0.05, 0) is 63.0 Å². The van der Waals surface area contributed by atoms with Gasteiger partial charge in [-0.3, -0.25) is 0 Å². The molecule has 0 spiro atoms. The second kappa shape index (κ2) is 11.3. The van der Waals surface area contributed by atoms with E-state index in [9.17, 15) is 0 Å². The number of furan rings is 1. The van der Waals surface area contributed by atoms with E-state index in [2.05, 4.69) is 127 Å². The van der Waals surface area contributed by atoms with Crippen LogP contribution in [0.3, 0.4) is 0 Å². The van der Waals surface area contributed by atoms with Crippen LogP contribution in [0.2, 0.25) is 0 Å². The van der Waals surface area contributed by atoms with Crippen molar-refractivity contribution in [1.82, 2.24) is 15.0 Å². The first-order chi connectivity index (χ1) is 25.8. The summed E-state index contributed by atoms with van der Waals surface area (Å²) in [6, 6.07) is 50.4. The zero-order chi connectivity index (χ0) is 34.2. The van der Waals surface area contributed by atoms with E-state index in [1.807, 2.05) is 36.4 Å². The summed E-state index contributed by atoms with van der Waals surface area (Å²) >= 11 is 0. The minimum atomic E-state index is -0.203. The van der Waals surface area contributed by atoms with Crippen molar-refractivity contribution >= 4 is 49.1 Å². The van der Waals surface area contributed by atoms with Gasteiger partial charge in [0.15, 0.2) is 17.5 Å². The normalized spacial score (nSPS) is 16.3. The van der Waals surface area contributed by atoms with E-state index in [1.165, 1.54) is 16.2 Å². The highest BCUT2D eigenvalue weighted by Gasteiger charge is 2.40. The minimum absolute atomic E-state index is 0.133. The fourth-order valence-corrected chi connectivity index (χ4v) is 8.15. The van der Waals surface area contributed by atoms with E-state index in [0.29, 0.717) is 17.5 Å². The van der Waals surface area contributed by atoms with Crippen LogP contribution in [-0.2, 0) is 0 Å². The van der Waals surface area contributed by atoms with Gasteiger partial charge >= 0.3 is 0 Å². The summed E-state index contributed by atoms with van der Waals surface area (Å²) in [6.45, 7) is 0. The van der Waals surface area contributed by atoms with Gasteiger partial charge in [0.05, 0.1) is 5.92 Å². The molecule has 2 aromatic heterocycles. The molecule has 0 amide bonds. The van der Waals surface area contributed by atoms with Crippen LogP contribution in [0, 0.1) is 0 Å². The highest BCUT2D eigenvalue weighted by Crippen LogP contribution is 2.52. The quantitative estimate of drug-likeness (QED) is 0.175. The van der Waals surface area contributed by atoms with Crippen LogP contribution in [0.15, 0.2) is 168 Å². The van der Waals surface area contributed by atoms with Gasteiger partial charge in [-0.1, -0.05) is 133 Å². The molecule has 2 unspecified atom stereocenters. The summed E-state index contributed by atoms with van der Waals surface area (Å²) in [5.41, 5.74) is 7.96. The van der Waals surface area contributed by atoms with Crippen molar-refractivity contribution in [2.45, 2.75) is 12.0 Å². The fraction of sp³-hybridized carbons (Fsp3) is 0.0426. The van der Waals surface area contributed by atoms with Gasteiger partial charge in [0.1, 0.15) is 23.0 Å². The topological polar surface area (TPSA) is 61.0 Å². The molecule has 0 N–H and O–H groups in total. The third-order valence-corrected chi connectivity index (χ3v) is 10.5. The lowest BCUT2D eigenvalue weighted by Crippen LogP contribution is -2.21. The van der Waals surface area contributed by atoms with Gasteiger partial charge in [0.2, 0.25) is 0 Å². The van der Waals surface area contributed by atoms with Gasteiger partial charge in [0.25, 0.3) is 0 Å². The van der Waals surface area contributed by atoms with Gasteiger partial charge < -0.3 is 9.15 Å². The molecule has 0 bridgehead atoms. The van der Waals surface area contributed by atoms with Crippen molar-refractivity contribution in [2.24, 2.45) is 0 Å². The number of rotatable bonds is 4. The van der Waals surface area contributed by atoms with E-state index in [-0.39, 0.29) is 12.0 Å². The van der Waals surface area contributed by atoms with Crippen LogP contribution in [0.4, 0.5) is 0 Å². The second-order valence-corrected chi connectivity index (χ2v) is 13.5. The second-order valence-electron chi connectivity index (χ2n) is 13.5. The number of aromatic nitrogens is 3. The number of ether oxygens (including phenoxy) is 1. The maximum atomic E-state index is 6.70. The Morgan fingerprint density at radius 2 is 1.21 bits per heavy atom. The van der Waals surface area contributed by atoms with Crippen LogP contribution >= 0.6 is 0 Å². The third kappa shape index (κ3) is 4.46. The van der Waals surface area contributed by atoms with Crippen LogP contribution in [0.5, 0.6) is 5.75 Å². The van der Waals surface area contributed by atoms with Crippen molar-refractivity contribution in [3.8, 4) is 39.7 Å². The Kier molecular flexibility index (Phi) is 6.31. The smallest absolute Gasteiger partial charge is 0.164 e. The Labute approximate surface area is 299 Å². The van der Waals surface area contributed by atoms with E-state index in [4.69, 9.17) is 24.1 Å². The van der Waals surface area contributed by atoms with Crippen molar-refractivity contribution < 1.29 is 9.15 Å². The molecule has 5 heteroatoms. The predicted octanol–water partition coefficient (Wildman–Crippen LogP) is 11.6. The van der Waals surface area contributed by atoms with Crippen LogP contribution < -0.4 is 4.74 Å². The van der Waals surface area contributed by atoms with Gasteiger partial charge in [-0.15, -0.1) is 0 Å². The van der Waals surface area contributed by atoms with Crippen LogP contribution in [-0.4, -0.2) is 21.1 Å². The molecule has 244 valence electrons. The Morgan fingerprint density at radius 1 is 0.500 bits per heavy atom. The number of benzene rings is 7. The van der Waals surface area contributed by atoms with E-state index in [1.54, 1.807) is 0 Å². The van der Waals surface area contributed by atoms with Crippen molar-refractivity contribution in [3.05, 3.63) is 175 Å². The summed E-state index contributed by atoms with van der Waals surface area (Å²) in [6.07, 6.45) is 6.15. The van der Waals surface area contributed by atoms with Gasteiger partial charge in [0, 0.05) is 33.0 Å². The molecule has 0 saturated carbocycles. The first kappa shape index (κ1) is 28.9. The van der Waals surface area contributed by atoms with Crippen LogP contribution in [0.25, 0.3) is 83.0 Å². The van der Waals surface area contributed by atoms with Crippen molar-refractivity contribution in [1.29, 1.82) is 0 Å². The number of fused-ring (bicyclic) bond motifs is 9. The summed E-state index contributed by atoms with van der Waals surface area (Å²) in [7, 11) is 0. The lowest BCUT2D eigenvalue weighted by Gasteiger charge is -2.23. The predicted molar refractivity (Wildman–Crippen MR) is 209 cm³/mol. The average molecular weight is 668 g/mol. The van der Waals surface area contributed by atoms with Gasteiger partial charge in [-0.2, -0.15) is 0 Å². The lowest BCUT2D eigenvalue weighted by atomic mass is 9.80. The van der Waals surface area contributed by atoms with Crippen LogP contribution in [0.1, 0.15) is 17.3 Å². The molecule has 2 aliphatic rings. The molecule has 1 aliphatic heterocycles. The molecule has 52 heavy (non-hydrogen) atoms. The molecular weight excluding hydrogens is 639 g/mol. The molecule has 11 rings (SSSR count). The van der Waals surface area contributed by atoms with E-state index >= 15 is 0 Å². The molecule has 9 aromatic rings. The molecule has 7 aromatic carbocycles. The Morgan fingerprint density at radius 3 is 2.13 bits per heavy atom. The Hall–Kier alpha value is -6.85. The standard InChI is InChI=1S/C47H29N3O2/c1-2-12-29(13-3-1)45-48-46(31-25-26-33-30(27-31)24-23-28-11-4-5-14-32(28)33)50-47(49-45)37-18-10-22-41-44(37)43-35(17-9-21-40(43)52-41)34-16-8-20-39-42(34)36-15-6-7-19-38(36)51-39/h1-27,41,44H. The van der Waals surface area contributed by atoms with E-state index < -0.39 is 0 Å². The fourth-order valence-electron chi connectivity index (χ4n) is 8.15. The monoisotopic (exact) mass is 667 g/mol.